The van der Waals surface area contributed by atoms with Gasteiger partial charge in [0.1, 0.15) is 5.82 Å². The highest BCUT2D eigenvalue weighted by Gasteiger charge is 2.15. The molecule has 0 aromatic heterocycles. The van der Waals surface area contributed by atoms with Crippen LogP contribution in [-0.4, -0.2) is 57.1 Å². The van der Waals surface area contributed by atoms with Gasteiger partial charge in [0.2, 0.25) is 0 Å². The van der Waals surface area contributed by atoms with Crippen molar-refractivity contribution in [3.63, 3.8) is 0 Å². The first-order valence-corrected chi connectivity index (χ1v) is 6.81. The molecule has 0 unspecified atom stereocenters. The average molecular weight is 280 g/mol. The first kappa shape index (κ1) is 14.7. The number of piperazine rings is 1. The molecule has 0 saturated carbocycles. The zero-order valence-electron chi connectivity index (χ0n) is 11.7. The Kier molecular flexibility index (Phi) is 4.92. The summed E-state index contributed by atoms with van der Waals surface area (Å²) in [7, 11) is 1.89. The number of amides is 1. The second-order valence-corrected chi connectivity index (χ2v) is 5.04. The Morgan fingerprint density at radius 3 is 2.80 bits per heavy atom. The van der Waals surface area contributed by atoms with E-state index in [0.717, 1.165) is 39.3 Å². The van der Waals surface area contributed by atoms with Crippen molar-refractivity contribution in [1.82, 2.24) is 10.2 Å². The van der Waals surface area contributed by atoms with Gasteiger partial charge in [-0.2, -0.15) is 0 Å². The third-order valence-corrected chi connectivity index (χ3v) is 3.60. The molecule has 1 aromatic rings. The lowest BCUT2D eigenvalue weighted by molar-refractivity contribution is 0.100. The van der Waals surface area contributed by atoms with Crippen LogP contribution < -0.4 is 16.0 Å². The van der Waals surface area contributed by atoms with Crippen LogP contribution in [0.4, 0.5) is 10.1 Å². The summed E-state index contributed by atoms with van der Waals surface area (Å²) in [6.45, 7) is 5.75. The maximum absolute atomic E-state index is 13.2. The molecule has 1 amide bonds. The first-order chi connectivity index (χ1) is 9.58. The monoisotopic (exact) mass is 280 g/mol. The second kappa shape index (κ2) is 6.67. The van der Waals surface area contributed by atoms with Crippen LogP contribution in [0, 0.1) is 5.82 Å². The highest BCUT2D eigenvalue weighted by Crippen LogP contribution is 2.20. The molecule has 2 rings (SSSR count). The third-order valence-electron chi connectivity index (χ3n) is 3.60. The molecule has 1 aliphatic rings. The number of nitrogens with zero attached hydrogens (tertiary/aromatic N) is 2. The number of rotatable bonds is 5. The van der Waals surface area contributed by atoms with Crippen LogP contribution in [0.1, 0.15) is 10.4 Å². The predicted molar refractivity (Wildman–Crippen MR) is 77.5 cm³/mol. The summed E-state index contributed by atoms with van der Waals surface area (Å²) in [4.78, 5) is 15.7. The minimum atomic E-state index is -0.603. The van der Waals surface area contributed by atoms with Gasteiger partial charge in [0.25, 0.3) is 5.91 Å². The van der Waals surface area contributed by atoms with Gasteiger partial charge in [-0.25, -0.2) is 4.39 Å². The van der Waals surface area contributed by atoms with E-state index in [2.05, 4.69) is 10.2 Å². The van der Waals surface area contributed by atoms with E-state index in [1.54, 1.807) is 6.07 Å². The van der Waals surface area contributed by atoms with Gasteiger partial charge in [-0.1, -0.05) is 0 Å². The topological polar surface area (TPSA) is 61.6 Å². The molecule has 1 heterocycles. The van der Waals surface area contributed by atoms with Gasteiger partial charge in [0, 0.05) is 52.0 Å². The number of hydrogen-bond acceptors (Lipinski definition) is 4. The van der Waals surface area contributed by atoms with E-state index >= 15 is 0 Å². The van der Waals surface area contributed by atoms with Crippen molar-refractivity contribution in [2.24, 2.45) is 5.73 Å². The second-order valence-electron chi connectivity index (χ2n) is 5.04. The Morgan fingerprint density at radius 2 is 2.15 bits per heavy atom. The molecule has 1 fully saturated rings. The van der Waals surface area contributed by atoms with E-state index in [1.807, 2.05) is 11.9 Å². The normalized spacial score (nSPS) is 16.1. The summed E-state index contributed by atoms with van der Waals surface area (Å²) >= 11 is 0. The van der Waals surface area contributed by atoms with E-state index in [-0.39, 0.29) is 5.56 Å². The summed E-state index contributed by atoms with van der Waals surface area (Å²) in [5, 5.41) is 3.31. The van der Waals surface area contributed by atoms with Gasteiger partial charge in [-0.15, -0.1) is 0 Å². The van der Waals surface area contributed by atoms with E-state index in [4.69, 9.17) is 5.73 Å². The molecule has 0 atom stereocenters. The quantitative estimate of drug-likeness (QED) is 0.812. The number of benzene rings is 1. The van der Waals surface area contributed by atoms with Gasteiger partial charge in [-0.05, 0) is 18.2 Å². The largest absolute Gasteiger partial charge is 0.373 e. The fourth-order valence-corrected chi connectivity index (χ4v) is 2.39. The molecule has 1 aromatic carbocycles. The van der Waals surface area contributed by atoms with Gasteiger partial charge < -0.3 is 16.0 Å². The van der Waals surface area contributed by atoms with E-state index in [1.165, 1.54) is 12.1 Å². The number of nitrogens with two attached hydrogens (primary N) is 1. The standard InChI is InChI=1S/C14H21FN4O/c1-18(8-9-19-6-4-17-5-7-19)13-3-2-11(15)10-12(13)14(16)20/h2-3,10,17H,4-9H2,1H3,(H2,16,20). The van der Waals surface area contributed by atoms with E-state index < -0.39 is 11.7 Å². The van der Waals surface area contributed by atoms with Crippen LogP contribution in [-0.2, 0) is 0 Å². The molecule has 0 radical (unpaired) electrons. The van der Waals surface area contributed by atoms with Crippen molar-refractivity contribution < 1.29 is 9.18 Å². The Balaban J connectivity index is 2.01. The molecule has 3 N–H and O–H groups in total. The van der Waals surface area contributed by atoms with Crippen molar-refractivity contribution in [1.29, 1.82) is 0 Å². The predicted octanol–water partition coefficient (Wildman–Crippen LogP) is 0.266. The van der Waals surface area contributed by atoms with Crippen LogP contribution >= 0.6 is 0 Å². The maximum Gasteiger partial charge on any atom is 0.250 e. The Bertz CT molecular complexity index is 474. The fraction of sp³-hybridized carbons (Fsp3) is 0.500. The van der Waals surface area contributed by atoms with Gasteiger partial charge >= 0.3 is 0 Å². The highest BCUT2D eigenvalue weighted by molar-refractivity contribution is 5.98. The minimum Gasteiger partial charge on any atom is -0.373 e. The molecular weight excluding hydrogens is 259 g/mol. The van der Waals surface area contributed by atoms with Crippen molar-refractivity contribution in [2.75, 3.05) is 51.2 Å². The third kappa shape index (κ3) is 3.68. The fourth-order valence-electron chi connectivity index (χ4n) is 2.39. The molecular formula is C14H21FN4O. The lowest BCUT2D eigenvalue weighted by Gasteiger charge is -2.30. The minimum absolute atomic E-state index is 0.229. The van der Waals surface area contributed by atoms with Crippen LogP contribution in [0.5, 0.6) is 0 Å². The number of carbonyl (C=O) groups is 1. The van der Waals surface area contributed by atoms with Crippen LogP contribution in [0.15, 0.2) is 18.2 Å². The molecule has 0 spiro atoms. The molecule has 1 aliphatic heterocycles. The summed E-state index contributed by atoms with van der Waals surface area (Å²) in [5.74, 6) is -1.05. The number of carbonyl (C=O) groups excluding carboxylic acids is 1. The lowest BCUT2D eigenvalue weighted by atomic mass is 10.1. The summed E-state index contributed by atoms with van der Waals surface area (Å²) in [6, 6.07) is 4.15. The van der Waals surface area contributed by atoms with Crippen LogP contribution in [0.3, 0.4) is 0 Å². The zero-order chi connectivity index (χ0) is 14.5. The maximum atomic E-state index is 13.2. The molecule has 20 heavy (non-hydrogen) atoms. The van der Waals surface area contributed by atoms with Crippen molar-refractivity contribution >= 4 is 11.6 Å². The smallest absolute Gasteiger partial charge is 0.250 e. The number of anilines is 1. The Labute approximate surface area is 118 Å². The lowest BCUT2D eigenvalue weighted by Crippen LogP contribution is -2.46. The first-order valence-electron chi connectivity index (χ1n) is 6.81. The SMILES string of the molecule is CN(CCN1CCNCC1)c1ccc(F)cc1C(N)=O. The number of nitrogens with one attached hydrogen (secondary N) is 1. The van der Waals surface area contributed by atoms with Gasteiger partial charge in [-0.3, -0.25) is 9.69 Å². The van der Waals surface area contributed by atoms with E-state index in [0.29, 0.717) is 5.69 Å². The van der Waals surface area contributed by atoms with Crippen molar-refractivity contribution in [2.45, 2.75) is 0 Å². The van der Waals surface area contributed by atoms with Gasteiger partial charge in [0.15, 0.2) is 0 Å². The average Bonchev–Trinajstić information content (AvgIpc) is 2.45. The molecule has 5 nitrogen and oxygen atoms in total. The van der Waals surface area contributed by atoms with Crippen molar-refractivity contribution in [3.05, 3.63) is 29.6 Å². The molecule has 1 saturated heterocycles. The van der Waals surface area contributed by atoms with Crippen LogP contribution in [0.25, 0.3) is 0 Å². The summed E-state index contributed by atoms with van der Waals surface area (Å²) in [6.07, 6.45) is 0. The molecule has 110 valence electrons. The number of halogens is 1. The Hall–Kier alpha value is -1.66. The molecule has 0 bridgehead atoms. The summed E-state index contributed by atoms with van der Waals surface area (Å²) < 4.78 is 13.2. The highest BCUT2D eigenvalue weighted by atomic mass is 19.1. The number of hydrogen-bond donors (Lipinski definition) is 2. The Morgan fingerprint density at radius 1 is 1.45 bits per heavy atom. The van der Waals surface area contributed by atoms with Crippen LogP contribution in [0.2, 0.25) is 0 Å². The van der Waals surface area contributed by atoms with E-state index in [9.17, 15) is 9.18 Å². The van der Waals surface area contributed by atoms with Gasteiger partial charge in [0.05, 0.1) is 5.56 Å². The summed E-state index contributed by atoms with van der Waals surface area (Å²) in [5.41, 5.74) is 6.21. The number of likely N-dealkylation sites (N-methyl/N-ethyl adjacent to an activating group) is 1. The zero-order valence-corrected chi connectivity index (χ0v) is 11.7. The molecule has 6 heteroatoms. The number of primary amides is 1. The van der Waals surface area contributed by atoms with Crippen molar-refractivity contribution in [3.8, 4) is 0 Å². The molecule has 0 aliphatic carbocycles.